The van der Waals surface area contributed by atoms with E-state index >= 15 is 0 Å². The maximum atomic E-state index is 12.3. The van der Waals surface area contributed by atoms with Crippen molar-refractivity contribution in [2.45, 2.75) is 0 Å². The van der Waals surface area contributed by atoms with E-state index in [0.29, 0.717) is 28.4 Å². The van der Waals surface area contributed by atoms with Gasteiger partial charge < -0.3 is 20.1 Å². The molecule has 22 heavy (non-hydrogen) atoms. The zero-order valence-electron chi connectivity index (χ0n) is 11.9. The van der Waals surface area contributed by atoms with Crippen molar-refractivity contribution < 1.29 is 19.1 Å². The van der Waals surface area contributed by atoms with Crippen molar-refractivity contribution in [3.63, 3.8) is 0 Å². The van der Waals surface area contributed by atoms with Crippen LogP contribution in [0.25, 0.3) is 0 Å². The van der Waals surface area contributed by atoms with Gasteiger partial charge in [-0.2, -0.15) is 0 Å². The molecule has 0 fully saturated rings. The number of anilines is 2. The van der Waals surface area contributed by atoms with E-state index in [2.05, 4.69) is 10.6 Å². The van der Waals surface area contributed by atoms with Gasteiger partial charge in [0.15, 0.2) is 6.61 Å². The van der Waals surface area contributed by atoms with Gasteiger partial charge in [-0.05, 0) is 30.3 Å². The molecule has 0 unspecified atom stereocenters. The number of fused-ring (bicyclic) bond motifs is 1. The number of carbonyl (C=O) groups is 2. The second-order valence-electron chi connectivity index (χ2n) is 4.70. The molecular weight excluding hydrogens is 284 g/mol. The van der Waals surface area contributed by atoms with E-state index in [9.17, 15) is 9.59 Å². The number of hydrogen-bond donors (Lipinski definition) is 2. The molecule has 2 aromatic carbocycles. The minimum atomic E-state index is -0.284. The molecule has 0 bridgehead atoms. The lowest BCUT2D eigenvalue weighted by molar-refractivity contribution is -0.118. The topological polar surface area (TPSA) is 76.7 Å². The largest absolute Gasteiger partial charge is 0.495 e. The van der Waals surface area contributed by atoms with E-state index in [-0.39, 0.29) is 18.4 Å². The number of rotatable bonds is 3. The highest BCUT2D eigenvalue weighted by atomic mass is 16.5. The SMILES string of the molecule is COc1ccccc1NC(=O)c1ccc2c(c1)OCC(=O)N2. The van der Waals surface area contributed by atoms with Crippen molar-refractivity contribution in [1.82, 2.24) is 0 Å². The lowest BCUT2D eigenvalue weighted by atomic mass is 10.1. The molecule has 2 amide bonds. The Morgan fingerprint density at radius 3 is 2.91 bits per heavy atom. The van der Waals surface area contributed by atoms with Gasteiger partial charge in [0.1, 0.15) is 11.5 Å². The molecule has 112 valence electrons. The highest BCUT2D eigenvalue weighted by Gasteiger charge is 2.18. The summed E-state index contributed by atoms with van der Waals surface area (Å²) in [7, 11) is 1.54. The molecule has 2 N–H and O–H groups in total. The second-order valence-corrected chi connectivity index (χ2v) is 4.70. The summed E-state index contributed by atoms with van der Waals surface area (Å²) >= 11 is 0. The number of ether oxygens (including phenoxy) is 2. The van der Waals surface area contributed by atoms with E-state index in [1.807, 2.05) is 12.1 Å². The molecular formula is C16H14N2O4. The smallest absolute Gasteiger partial charge is 0.262 e. The normalized spacial score (nSPS) is 12.7. The van der Waals surface area contributed by atoms with Crippen LogP contribution in [0.1, 0.15) is 10.4 Å². The van der Waals surface area contributed by atoms with Gasteiger partial charge in [0.2, 0.25) is 0 Å². The Morgan fingerprint density at radius 1 is 1.27 bits per heavy atom. The molecule has 0 aromatic heterocycles. The summed E-state index contributed by atoms with van der Waals surface area (Å²) in [5, 5.41) is 5.46. The first-order valence-corrected chi connectivity index (χ1v) is 6.68. The van der Waals surface area contributed by atoms with Gasteiger partial charge in [-0.1, -0.05) is 12.1 Å². The molecule has 1 aliphatic rings. The van der Waals surface area contributed by atoms with E-state index in [4.69, 9.17) is 9.47 Å². The molecule has 6 heteroatoms. The van der Waals surface area contributed by atoms with Gasteiger partial charge in [0, 0.05) is 5.56 Å². The van der Waals surface area contributed by atoms with E-state index in [1.165, 1.54) is 0 Å². The van der Waals surface area contributed by atoms with E-state index in [0.717, 1.165) is 0 Å². The first-order valence-electron chi connectivity index (χ1n) is 6.68. The number of nitrogens with one attached hydrogen (secondary N) is 2. The van der Waals surface area contributed by atoms with Crippen LogP contribution in [0.4, 0.5) is 11.4 Å². The first kappa shape index (κ1) is 13.9. The Kier molecular flexibility index (Phi) is 3.65. The molecule has 0 radical (unpaired) electrons. The Hall–Kier alpha value is -3.02. The molecule has 0 atom stereocenters. The zero-order valence-corrected chi connectivity index (χ0v) is 11.9. The Bertz CT molecular complexity index is 743. The fourth-order valence-electron chi connectivity index (χ4n) is 2.16. The third-order valence-electron chi connectivity index (χ3n) is 3.23. The number of amides is 2. The van der Waals surface area contributed by atoms with Crippen LogP contribution in [-0.4, -0.2) is 25.5 Å². The average Bonchev–Trinajstić information content (AvgIpc) is 2.54. The van der Waals surface area contributed by atoms with Crippen molar-refractivity contribution in [2.24, 2.45) is 0 Å². The number of methoxy groups -OCH3 is 1. The minimum absolute atomic E-state index is 0.0510. The molecule has 3 rings (SSSR count). The second kappa shape index (κ2) is 5.77. The van der Waals surface area contributed by atoms with E-state index in [1.54, 1.807) is 37.4 Å². The maximum absolute atomic E-state index is 12.3. The molecule has 2 aromatic rings. The van der Waals surface area contributed by atoms with Crippen LogP contribution in [0, 0.1) is 0 Å². The molecule has 0 saturated heterocycles. The van der Waals surface area contributed by atoms with E-state index < -0.39 is 0 Å². The van der Waals surface area contributed by atoms with Crippen LogP contribution >= 0.6 is 0 Å². The summed E-state index contributed by atoms with van der Waals surface area (Å²) in [6.45, 7) is -0.0510. The van der Waals surface area contributed by atoms with Crippen molar-refractivity contribution in [1.29, 1.82) is 0 Å². The number of hydrogen-bond acceptors (Lipinski definition) is 4. The Labute approximate surface area is 127 Å². The summed E-state index contributed by atoms with van der Waals surface area (Å²) in [5.41, 5.74) is 1.58. The summed E-state index contributed by atoms with van der Waals surface area (Å²) in [5.74, 6) is 0.566. The predicted octanol–water partition coefficient (Wildman–Crippen LogP) is 2.28. The molecule has 1 heterocycles. The fourth-order valence-corrected chi connectivity index (χ4v) is 2.16. The highest BCUT2D eigenvalue weighted by molar-refractivity contribution is 6.06. The van der Waals surface area contributed by atoms with Gasteiger partial charge >= 0.3 is 0 Å². The van der Waals surface area contributed by atoms with Crippen LogP contribution in [0.15, 0.2) is 42.5 Å². The van der Waals surface area contributed by atoms with Gasteiger partial charge in [0.25, 0.3) is 11.8 Å². The molecule has 1 aliphatic heterocycles. The lowest BCUT2D eigenvalue weighted by Crippen LogP contribution is -2.25. The summed E-state index contributed by atoms with van der Waals surface area (Å²) in [6, 6.07) is 12.0. The van der Waals surface area contributed by atoms with Crippen LogP contribution in [0.3, 0.4) is 0 Å². The zero-order chi connectivity index (χ0) is 15.5. The maximum Gasteiger partial charge on any atom is 0.262 e. The Morgan fingerprint density at radius 2 is 2.09 bits per heavy atom. The Balaban J connectivity index is 1.82. The molecule has 0 saturated carbocycles. The van der Waals surface area contributed by atoms with Gasteiger partial charge in [0.05, 0.1) is 18.5 Å². The minimum Gasteiger partial charge on any atom is -0.495 e. The van der Waals surface area contributed by atoms with Crippen molar-refractivity contribution in [2.75, 3.05) is 24.4 Å². The summed E-state index contributed by atoms with van der Waals surface area (Å²) in [4.78, 5) is 23.5. The van der Waals surface area contributed by atoms with Crippen LogP contribution in [0.5, 0.6) is 11.5 Å². The first-order chi connectivity index (χ1) is 10.7. The molecule has 0 aliphatic carbocycles. The molecule has 0 spiro atoms. The fraction of sp³-hybridized carbons (Fsp3) is 0.125. The highest BCUT2D eigenvalue weighted by Crippen LogP contribution is 2.29. The lowest BCUT2D eigenvalue weighted by Gasteiger charge is -2.18. The average molecular weight is 298 g/mol. The van der Waals surface area contributed by atoms with Gasteiger partial charge in [-0.15, -0.1) is 0 Å². The van der Waals surface area contributed by atoms with Crippen LogP contribution in [0.2, 0.25) is 0 Å². The quantitative estimate of drug-likeness (QED) is 0.911. The van der Waals surface area contributed by atoms with Crippen molar-refractivity contribution in [3.8, 4) is 11.5 Å². The summed E-state index contributed by atoms with van der Waals surface area (Å²) < 4.78 is 10.5. The summed E-state index contributed by atoms with van der Waals surface area (Å²) in [6.07, 6.45) is 0. The van der Waals surface area contributed by atoms with Gasteiger partial charge in [-0.3, -0.25) is 9.59 Å². The number of para-hydroxylation sites is 2. The monoisotopic (exact) mass is 298 g/mol. The van der Waals surface area contributed by atoms with Crippen LogP contribution < -0.4 is 20.1 Å². The number of carbonyl (C=O) groups excluding carboxylic acids is 2. The third-order valence-corrected chi connectivity index (χ3v) is 3.23. The van der Waals surface area contributed by atoms with Crippen LogP contribution in [-0.2, 0) is 4.79 Å². The van der Waals surface area contributed by atoms with Gasteiger partial charge in [-0.25, -0.2) is 0 Å². The van der Waals surface area contributed by atoms with Crippen molar-refractivity contribution in [3.05, 3.63) is 48.0 Å². The third kappa shape index (κ3) is 2.71. The number of benzene rings is 2. The van der Waals surface area contributed by atoms with Crippen molar-refractivity contribution >= 4 is 23.2 Å². The molecule has 6 nitrogen and oxygen atoms in total. The predicted molar refractivity (Wildman–Crippen MR) is 81.5 cm³/mol. The standard InChI is InChI=1S/C16H14N2O4/c1-21-13-5-3-2-4-11(13)18-16(20)10-6-7-12-14(8-10)22-9-15(19)17-12/h2-8H,9H2,1H3,(H,17,19)(H,18,20).